The Kier molecular flexibility index (Phi) is 3.80. The normalized spacial score (nSPS) is 19.5. The molecule has 1 heterocycles. The van der Waals surface area contributed by atoms with Crippen LogP contribution in [0.2, 0.25) is 0 Å². The van der Waals surface area contributed by atoms with Crippen LogP contribution in [0.1, 0.15) is 61.0 Å². The molecular formula is C14H21BrS. The highest BCUT2D eigenvalue weighted by atomic mass is 79.9. The molecule has 90 valence electrons. The summed E-state index contributed by atoms with van der Waals surface area (Å²) < 4.78 is 0. The molecule has 0 spiro atoms. The third-order valence-electron chi connectivity index (χ3n) is 3.44. The average molecular weight is 301 g/mol. The van der Waals surface area contributed by atoms with Crippen LogP contribution >= 0.6 is 27.3 Å². The summed E-state index contributed by atoms with van der Waals surface area (Å²) in [5.74, 6) is 0.976. The summed E-state index contributed by atoms with van der Waals surface area (Å²) in [4.78, 5) is 3.59. The molecule has 16 heavy (non-hydrogen) atoms. The zero-order chi connectivity index (χ0) is 11.8. The van der Waals surface area contributed by atoms with E-state index in [1.807, 2.05) is 11.3 Å². The molecule has 1 saturated carbocycles. The number of hydrogen-bond acceptors (Lipinski definition) is 1. The highest BCUT2D eigenvalue weighted by Crippen LogP contribution is 2.42. The van der Waals surface area contributed by atoms with E-state index in [4.69, 9.17) is 0 Å². The van der Waals surface area contributed by atoms with Gasteiger partial charge in [0.25, 0.3) is 0 Å². The fraction of sp³-hybridized carbons (Fsp3) is 0.714. The number of thiophene rings is 1. The number of halogens is 1. The van der Waals surface area contributed by atoms with Gasteiger partial charge in [-0.3, -0.25) is 0 Å². The Morgan fingerprint density at radius 1 is 1.38 bits per heavy atom. The van der Waals surface area contributed by atoms with E-state index in [0.29, 0.717) is 10.2 Å². The predicted octanol–water partition coefficient (Wildman–Crippen LogP) is 5.67. The number of hydrogen-bond donors (Lipinski definition) is 0. The van der Waals surface area contributed by atoms with Crippen LogP contribution in [0.3, 0.4) is 0 Å². The topological polar surface area (TPSA) is 0 Å². The molecule has 2 heteroatoms. The van der Waals surface area contributed by atoms with Crippen molar-refractivity contribution in [3.05, 3.63) is 21.9 Å². The molecule has 0 saturated heterocycles. The maximum Gasteiger partial charge on any atom is 0.0491 e. The molecule has 1 fully saturated rings. The molecule has 1 aliphatic rings. The summed E-state index contributed by atoms with van der Waals surface area (Å²) in [6, 6.07) is 4.61. The largest absolute Gasteiger partial charge is 0.144 e. The Hall–Kier alpha value is 0.180. The van der Waals surface area contributed by atoms with E-state index in [-0.39, 0.29) is 0 Å². The molecule has 0 bridgehead atoms. The van der Waals surface area contributed by atoms with Crippen LogP contribution < -0.4 is 0 Å². The Bertz CT molecular complexity index is 344. The van der Waals surface area contributed by atoms with Gasteiger partial charge in [0.05, 0.1) is 0 Å². The lowest BCUT2D eigenvalue weighted by molar-refractivity contribution is 0.296. The van der Waals surface area contributed by atoms with Gasteiger partial charge in [-0.05, 0) is 29.9 Å². The Balaban J connectivity index is 2.00. The van der Waals surface area contributed by atoms with Crippen molar-refractivity contribution < 1.29 is 0 Å². The van der Waals surface area contributed by atoms with E-state index in [1.165, 1.54) is 35.4 Å². The molecule has 0 aromatic carbocycles. The lowest BCUT2D eigenvalue weighted by Crippen LogP contribution is -2.12. The second-order valence-corrected chi connectivity index (χ2v) is 8.17. The summed E-state index contributed by atoms with van der Waals surface area (Å²) in [5.41, 5.74) is 0.298. The molecule has 1 aromatic rings. The van der Waals surface area contributed by atoms with Crippen molar-refractivity contribution in [2.75, 3.05) is 0 Å². The van der Waals surface area contributed by atoms with Crippen molar-refractivity contribution in [2.24, 2.45) is 5.92 Å². The number of alkyl halides is 1. The van der Waals surface area contributed by atoms with Gasteiger partial charge >= 0.3 is 0 Å². The summed E-state index contributed by atoms with van der Waals surface area (Å²) >= 11 is 5.83. The fourth-order valence-corrected chi connectivity index (χ4v) is 4.08. The van der Waals surface area contributed by atoms with Crippen LogP contribution in [0.5, 0.6) is 0 Å². The lowest BCUT2D eigenvalue weighted by Gasteiger charge is -2.27. The van der Waals surface area contributed by atoms with E-state index in [2.05, 4.69) is 48.8 Å². The Labute approximate surface area is 112 Å². The van der Waals surface area contributed by atoms with Crippen LogP contribution in [0.4, 0.5) is 0 Å². The van der Waals surface area contributed by atoms with Gasteiger partial charge in [0.15, 0.2) is 0 Å². The monoisotopic (exact) mass is 300 g/mol. The van der Waals surface area contributed by atoms with Crippen LogP contribution in [0, 0.1) is 5.92 Å². The van der Waals surface area contributed by atoms with E-state index >= 15 is 0 Å². The van der Waals surface area contributed by atoms with Crippen molar-refractivity contribution in [1.82, 2.24) is 0 Å². The highest BCUT2D eigenvalue weighted by Gasteiger charge is 2.23. The van der Waals surface area contributed by atoms with Crippen LogP contribution in [-0.4, -0.2) is 0 Å². The molecule has 0 amide bonds. The summed E-state index contributed by atoms with van der Waals surface area (Å²) in [5, 5.41) is 0. The molecule has 1 unspecified atom stereocenters. The first-order valence-electron chi connectivity index (χ1n) is 6.21. The van der Waals surface area contributed by atoms with Gasteiger partial charge in [0, 0.05) is 14.6 Å². The zero-order valence-corrected chi connectivity index (χ0v) is 12.8. The van der Waals surface area contributed by atoms with E-state index < -0.39 is 0 Å². The minimum absolute atomic E-state index is 0.298. The van der Waals surface area contributed by atoms with Gasteiger partial charge in [0.2, 0.25) is 0 Å². The maximum atomic E-state index is 3.85. The summed E-state index contributed by atoms with van der Waals surface area (Å²) in [6.45, 7) is 6.87. The van der Waals surface area contributed by atoms with Gasteiger partial charge in [0.1, 0.15) is 0 Å². The third-order valence-corrected chi connectivity index (χ3v) is 6.23. The average Bonchev–Trinajstić information content (AvgIpc) is 2.58. The Morgan fingerprint density at radius 3 is 2.50 bits per heavy atom. The predicted molar refractivity (Wildman–Crippen MR) is 76.6 cm³/mol. The zero-order valence-electron chi connectivity index (χ0n) is 10.4. The van der Waals surface area contributed by atoms with Gasteiger partial charge in [-0.25, -0.2) is 0 Å². The van der Waals surface area contributed by atoms with Crippen LogP contribution in [-0.2, 0) is 5.41 Å². The molecular weight excluding hydrogens is 280 g/mol. The van der Waals surface area contributed by atoms with Gasteiger partial charge < -0.3 is 0 Å². The van der Waals surface area contributed by atoms with E-state index in [9.17, 15) is 0 Å². The van der Waals surface area contributed by atoms with Crippen molar-refractivity contribution in [3.8, 4) is 0 Å². The number of rotatable bonds is 3. The van der Waals surface area contributed by atoms with Crippen molar-refractivity contribution in [2.45, 2.75) is 56.7 Å². The smallest absolute Gasteiger partial charge is 0.0491 e. The fourth-order valence-electron chi connectivity index (χ4n) is 2.06. The van der Waals surface area contributed by atoms with E-state index in [0.717, 1.165) is 5.92 Å². The van der Waals surface area contributed by atoms with Crippen LogP contribution in [0.15, 0.2) is 12.1 Å². The first-order chi connectivity index (χ1) is 7.47. The molecule has 1 aromatic heterocycles. The molecule has 0 aliphatic heterocycles. The van der Waals surface area contributed by atoms with Crippen LogP contribution in [0.25, 0.3) is 0 Å². The molecule has 1 aliphatic carbocycles. The lowest BCUT2D eigenvalue weighted by atomic mass is 9.82. The van der Waals surface area contributed by atoms with Gasteiger partial charge in [-0.1, -0.05) is 56.0 Å². The third kappa shape index (κ3) is 2.89. The van der Waals surface area contributed by atoms with Crippen molar-refractivity contribution >= 4 is 27.3 Å². The Morgan fingerprint density at radius 2 is 2.06 bits per heavy atom. The first-order valence-corrected chi connectivity index (χ1v) is 7.94. The molecule has 0 radical (unpaired) electrons. The second-order valence-electron chi connectivity index (χ2n) is 5.95. The highest BCUT2D eigenvalue weighted by molar-refractivity contribution is 9.09. The minimum atomic E-state index is 0.298. The van der Waals surface area contributed by atoms with Crippen molar-refractivity contribution in [3.63, 3.8) is 0 Å². The molecule has 1 atom stereocenters. The maximum absolute atomic E-state index is 3.85. The SMILES string of the molecule is CC(C)(C)c1ccc(C(Br)CC2CCC2)s1. The summed E-state index contributed by atoms with van der Waals surface area (Å²) in [6.07, 6.45) is 5.66. The first kappa shape index (κ1) is 12.6. The van der Waals surface area contributed by atoms with Gasteiger partial charge in [-0.2, -0.15) is 0 Å². The summed E-state index contributed by atoms with van der Waals surface area (Å²) in [7, 11) is 0. The molecule has 0 N–H and O–H groups in total. The molecule has 0 nitrogen and oxygen atoms in total. The molecule has 2 rings (SSSR count). The van der Waals surface area contributed by atoms with E-state index in [1.54, 1.807) is 0 Å². The van der Waals surface area contributed by atoms with Gasteiger partial charge in [-0.15, -0.1) is 11.3 Å². The second kappa shape index (κ2) is 4.81. The standard InChI is InChI=1S/C14H21BrS/c1-14(2,3)13-8-7-12(16-13)11(15)9-10-5-4-6-10/h7-8,10-11H,4-6,9H2,1-3H3. The minimum Gasteiger partial charge on any atom is -0.144 e. The van der Waals surface area contributed by atoms with Crippen molar-refractivity contribution in [1.29, 1.82) is 0 Å². The quantitative estimate of drug-likeness (QED) is 0.631.